The summed E-state index contributed by atoms with van der Waals surface area (Å²) in [6.07, 6.45) is -0.383. The van der Waals surface area contributed by atoms with Crippen LogP contribution in [-0.2, 0) is 11.2 Å². The number of hydrogen-bond acceptors (Lipinski definition) is 6. The minimum absolute atomic E-state index is 0.0205. The highest BCUT2D eigenvalue weighted by molar-refractivity contribution is 5.94. The molecular weight excluding hydrogens is 456 g/mol. The Labute approximate surface area is 207 Å². The van der Waals surface area contributed by atoms with Gasteiger partial charge in [0.15, 0.2) is 5.58 Å². The Morgan fingerprint density at radius 1 is 0.917 bits per heavy atom. The third kappa shape index (κ3) is 5.15. The lowest BCUT2D eigenvalue weighted by Crippen LogP contribution is -2.38. The van der Waals surface area contributed by atoms with Crippen LogP contribution in [0.15, 0.2) is 101 Å². The Bertz CT molecular complexity index is 1440. The number of amides is 1. The molecule has 0 radical (unpaired) electrons. The minimum Gasteiger partial charge on any atom is -0.507 e. The third-order valence-electron chi connectivity index (χ3n) is 5.54. The molecule has 0 bridgehead atoms. The summed E-state index contributed by atoms with van der Waals surface area (Å²) in [6.45, 7) is 2.07. The highest BCUT2D eigenvalue weighted by Gasteiger charge is 2.24. The van der Waals surface area contributed by atoms with Gasteiger partial charge >= 0.3 is 12.2 Å². The third-order valence-corrected chi connectivity index (χ3v) is 5.54. The first-order valence-corrected chi connectivity index (χ1v) is 11.6. The van der Waals surface area contributed by atoms with Gasteiger partial charge in [-0.15, -0.1) is 0 Å². The quantitative estimate of drug-likeness (QED) is 0.203. The topological polar surface area (TPSA) is 93.8 Å². The van der Waals surface area contributed by atoms with Gasteiger partial charge < -0.3 is 24.3 Å². The molecule has 4 aromatic carbocycles. The Balaban J connectivity index is 1.40. The number of carbonyl (C=O) groups is 1. The van der Waals surface area contributed by atoms with Gasteiger partial charge in [-0.3, -0.25) is 4.79 Å². The number of nitrogens with one attached hydrogen (secondary N) is 1. The zero-order chi connectivity index (χ0) is 24.9. The summed E-state index contributed by atoms with van der Waals surface area (Å²) >= 11 is 0. The molecule has 0 saturated carbocycles. The van der Waals surface area contributed by atoms with Crippen molar-refractivity contribution in [3.63, 3.8) is 0 Å². The van der Waals surface area contributed by atoms with Gasteiger partial charge in [0, 0.05) is 5.69 Å². The van der Waals surface area contributed by atoms with E-state index in [0.717, 1.165) is 12.0 Å². The number of aromatic hydroxyl groups is 1. The number of phenols is 1. The molecule has 0 aliphatic carbocycles. The molecule has 5 rings (SSSR count). The van der Waals surface area contributed by atoms with E-state index in [1.54, 1.807) is 36.4 Å². The van der Waals surface area contributed by atoms with Gasteiger partial charge in [0.05, 0.1) is 5.56 Å². The molecule has 1 amide bonds. The van der Waals surface area contributed by atoms with E-state index in [0.29, 0.717) is 33.8 Å². The predicted octanol–water partition coefficient (Wildman–Crippen LogP) is 6.19. The number of anilines is 1. The molecule has 180 valence electrons. The first kappa shape index (κ1) is 23.0. The Kier molecular flexibility index (Phi) is 6.53. The van der Waals surface area contributed by atoms with Gasteiger partial charge in [-0.2, -0.15) is 0 Å². The van der Waals surface area contributed by atoms with Crippen LogP contribution in [0.3, 0.4) is 0 Å². The van der Waals surface area contributed by atoms with Crippen LogP contribution in [0.5, 0.6) is 17.2 Å². The average Bonchev–Trinajstić information content (AvgIpc) is 3.33. The lowest BCUT2D eigenvalue weighted by atomic mass is 10.1. The zero-order valence-corrected chi connectivity index (χ0v) is 19.5. The summed E-state index contributed by atoms with van der Waals surface area (Å²) in [5.41, 5.74) is 3.22. The van der Waals surface area contributed by atoms with E-state index >= 15 is 0 Å². The van der Waals surface area contributed by atoms with Crippen LogP contribution in [0.1, 0.15) is 12.5 Å². The fourth-order valence-corrected chi connectivity index (χ4v) is 3.67. The minimum atomic E-state index is -1.26. The number of phenolic OH excluding ortho intramolecular Hbond substituents is 1. The van der Waals surface area contributed by atoms with Gasteiger partial charge in [0.1, 0.15) is 22.8 Å². The standard InChI is InChI=1S/C29H24N2O5/c1-2-19-13-16-26-24(17-19)31-28(36-26)23-18-20(14-15-25(23)32)30-27(33)29(34-21-9-5-3-6-10-21)35-22-11-7-4-8-12-22/h3-18,29,32H,2H2,1H3,(H,30,33). The molecular formula is C29H24N2O5. The highest BCUT2D eigenvalue weighted by atomic mass is 16.7. The van der Waals surface area contributed by atoms with Crippen molar-refractivity contribution in [1.82, 2.24) is 4.98 Å². The second-order valence-corrected chi connectivity index (χ2v) is 8.09. The number of carbonyl (C=O) groups excluding carboxylic acids is 1. The van der Waals surface area contributed by atoms with E-state index in [2.05, 4.69) is 17.2 Å². The highest BCUT2D eigenvalue weighted by Crippen LogP contribution is 2.33. The Morgan fingerprint density at radius 2 is 1.58 bits per heavy atom. The summed E-state index contributed by atoms with van der Waals surface area (Å²) in [4.78, 5) is 17.7. The monoisotopic (exact) mass is 480 g/mol. The van der Waals surface area contributed by atoms with E-state index in [4.69, 9.17) is 13.9 Å². The maximum Gasteiger partial charge on any atom is 0.321 e. The van der Waals surface area contributed by atoms with Crippen LogP contribution in [0.4, 0.5) is 5.69 Å². The maximum atomic E-state index is 13.2. The van der Waals surface area contributed by atoms with Crippen molar-refractivity contribution in [3.8, 4) is 28.7 Å². The normalized spacial score (nSPS) is 10.9. The van der Waals surface area contributed by atoms with Gasteiger partial charge in [-0.05, 0) is 66.6 Å². The van der Waals surface area contributed by atoms with Gasteiger partial charge in [0.2, 0.25) is 5.89 Å². The molecule has 0 fully saturated rings. The molecule has 0 unspecified atom stereocenters. The molecule has 0 aliphatic heterocycles. The number of aryl methyl sites for hydroxylation is 1. The van der Waals surface area contributed by atoms with E-state index in [-0.39, 0.29) is 11.6 Å². The van der Waals surface area contributed by atoms with Crippen molar-refractivity contribution < 1.29 is 23.8 Å². The molecule has 0 spiro atoms. The van der Waals surface area contributed by atoms with Crippen molar-refractivity contribution in [2.24, 2.45) is 0 Å². The molecule has 1 aromatic heterocycles. The number of benzene rings is 4. The number of para-hydroxylation sites is 2. The Hall–Kier alpha value is -4.78. The number of fused-ring (bicyclic) bond motifs is 1. The smallest absolute Gasteiger partial charge is 0.321 e. The lowest BCUT2D eigenvalue weighted by Gasteiger charge is -2.20. The molecule has 1 heterocycles. The summed E-state index contributed by atoms with van der Waals surface area (Å²) in [5, 5.41) is 13.3. The molecule has 7 nitrogen and oxygen atoms in total. The fourth-order valence-electron chi connectivity index (χ4n) is 3.67. The largest absolute Gasteiger partial charge is 0.507 e. The van der Waals surface area contributed by atoms with Crippen LogP contribution < -0.4 is 14.8 Å². The number of rotatable bonds is 8. The number of aromatic nitrogens is 1. The zero-order valence-electron chi connectivity index (χ0n) is 19.5. The van der Waals surface area contributed by atoms with E-state index in [1.807, 2.05) is 54.6 Å². The average molecular weight is 481 g/mol. The molecule has 0 atom stereocenters. The molecule has 7 heteroatoms. The molecule has 2 N–H and O–H groups in total. The Morgan fingerprint density at radius 3 is 2.22 bits per heavy atom. The van der Waals surface area contributed by atoms with Gasteiger partial charge in [-0.25, -0.2) is 4.98 Å². The SMILES string of the molecule is CCc1ccc2oc(-c3cc(NC(=O)C(Oc4ccccc4)Oc4ccccc4)ccc3O)nc2c1. The number of ether oxygens (including phenoxy) is 2. The first-order chi connectivity index (χ1) is 17.6. The van der Waals surface area contributed by atoms with Crippen molar-refractivity contribution >= 4 is 22.7 Å². The first-order valence-electron chi connectivity index (χ1n) is 11.6. The van der Waals surface area contributed by atoms with Crippen molar-refractivity contribution in [2.45, 2.75) is 19.6 Å². The van der Waals surface area contributed by atoms with E-state index < -0.39 is 12.2 Å². The van der Waals surface area contributed by atoms with E-state index in [9.17, 15) is 9.90 Å². The summed E-state index contributed by atoms with van der Waals surface area (Å²) in [5.74, 6) is 0.678. The van der Waals surface area contributed by atoms with Crippen molar-refractivity contribution in [3.05, 3.63) is 103 Å². The molecule has 0 aliphatic rings. The molecule has 36 heavy (non-hydrogen) atoms. The summed E-state index contributed by atoms with van der Waals surface area (Å²) in [6, 6.07) is 28.4. The predicted molar refractivity (Wildman–Crippen MR) is 137 cm³/mol. The van der Waals surface area contributed by atoms with Crippen LogP contribution >= 0.6 is 0 Å². The van der Waals surface area contributed by atoms with Gasteiger partial charge in [0.25, 0.3) is 0 Å². The van der Waals surface area contributed by atoms with Crippen molar-refractivity contribution in [2.75, 3.05) is 5.32 Å². The van der Waals surface area contributed by atoms with Gasteiger partial charge in [-0.1, -0.05) is 49.4 Å². The number of nitrogens with zero attached hydrogens (tertiary/aromatic N) is 1. The van der Waals surface area contributed by atoms with Crippen molar-refractivity contribution in [1.29, 1.82) is 0 Å². The molecule has 5 aromatic rings. The second kappa shape index (κ2) is 10.2. The summed E-state index contributed by atoms with van der Waals surface area (Å²) < 4.78 is 17.5. The van der Waals surface area contributed by atoms with Crippen LogP contribution in [0.25, 0.3) is 22.6 Å². The number of oxazole rings is 1. The maximum absolute atomic E-state index is 13.2. The second-order valence-electron chi connectivity index (χ2n) is 8.09. The van der Waals surface area contributed by atoms with Crippen LogP contribution in [-0.4, -0.2) is 22.3 Å². The van der Waals surface area contributed by atoms with E-state index in [1.165, 1.54) is 6.07 Å². The van der Waals surface area contributed by atoms with Crippen LogP contribution in [0, 0.1) is 0 Å². The number of hydrogen-bond donors (Lipinski definition) is 2. The summed E-state index contributed by atoms with van der Waals surface area (Å²) in [7, 11) is 0. The fraction of sp³-hybridized carbons (Fsp3) is 0.103. The molecule has 0 saturated heterocycles. The van der Waals surface area contributed by atoms with Crippen LogP contribution in [0.2, 0.25) is 0 Å². The lowest BCUT2D eigenvalue weighted by molar-refractivity contribution is -0.134.